The maximum atomic E-state index is 6.00. The summed E-state index contributed by atoms with van der Waals surface area (Å²) in [7, 11) is 0. The van der Waals surface area contributed by atoms with Crippen molar-refractivity contribution in [1.82, 2.24) is 29.7 Å². The lowest BCUT2D eigenvalue weighted by Crippen LogP contribution is -2.05. The van der Waals surface area contributed by atoms with E-state index in [4.69, 9.17) is 16.3 Å². The number of para-hydroxylation sites is 1. The fourth-order valence-electron chi connectivity index (χ4n) is 2.27. The van der Waals surface area contributed by atoms with Gasteiger partial charge in [0.05, 0.1) is 12.2 Å². The van der Waals surface area contributed by atoms with Crippen LogP contribution in [0.25, 0.3) is 17.3 Å². The van der Waals surface area contributed by atoms with Crippen LogP contribution < -0.4 is 4.74 Å². The van der Waals surface area contributed by atoms with Crippen LogP contribution in [0.2, 0.25) is 5.28 Å². The number of hydrogen-bond acceptors (Lipinski definition) is 6. The highest BCUT2D eigenvalue weighted by Gasteiger charge is 2.20. The zero-order valence-corrected chi connectivity index (χ0v) is 11.5. The Bertz CT molecular complexity index is 804. The third-order valence-corrected chi connectivity index (χ3v) is 3.34. The first-order chi connectivity index (χ1) is 10.3. The Morgan fingerprint density at radius 3 is 3.00 bits per heavy atom. The monoisotopic (exact) mass is 300 g/mol. The third-order valence-electron chi connectivity index (χ3n) is 3.18. The summed E-state index contributed by atoms with van der Waals surface area (Å²) in [6.07, 6.45) is 3.79. The Kier molecular flexibility index (Phi) is 2.78. The summed E-state index contributed by atoms with van der Waals surface area (Å²) in [5.74, 6) is 1.58. The van der Waals surface area contributed by atoms with Gasteiger partial charge >= 0.3 is 0 Å². The lowest BCUT2D eigenvalue weighted by Gasteiger charge is -2.08. The minimum atomic E-state index is 0.0982. The van der Waals surface area contributed by atoms with Gasteiger partial charge in [-0.15, -0.1) is 0 Å². The van der Waals surface area contributed by atoms with Crippen molar-refractivity contribution in [1.29, 1.82) is 0 Å². The minimum Gasteiger partial charge on any atom is -0.492 e. The molecule has 0 atom stereocenters. The van der Waals surface area contributed by atoms with Crippen LogP contribution >= 0.6 is 11.6 Å². The largest absolute Gasteiger partial charge is 0.492 e. The molecule has 7 nitrogen and oxygen atoms in total. The standard InChI is InChI=1S/C13H9ClN6O/c14-12-17-11(18-13(19-12)20-7-15-6-16-20)9-3-1-2-8-4-5-21-10(8)9/h1-3,6-7H,4-5H2. The second-order valence-corrected chi connectivity index (χ2v) is 4.80. The van der Waals surface area contributed by atoms with Crippen LogP contribution in [-0.4, -0.2) is 36.3 Å². The highest BCUT2D eigenvalue weighted by molar-refractivity contribution is 6.28. The number of nitrogens with zero attached hydrogens (tertiary/aromatic N) is 6. The molecule has 1 aliphatic rings. The van der Waals surface area contributed by atoms with Crippen molar-refractivity contribution in [3.8, 4) is 23.1 Å². The molecule has 4 rings (SSSR count). The first-order valence-electron chi connectivity index (χ1n) is 6.33. The zero-order chi connectivity index (χ0) is 14.2. The van der Waals surface area contributed by atoms with Crippen molar-refractivity contribution in [2.45, 2.75) is 6.42 Å². The maximum Gasteiger partial charge on any atom is 0.256 e. The Labute approximate surface area is 124 Å². The first-order valence-corrected chi connectivity index (χ1v) is 6.71. The molecule has 3 aromatic rings. The molecule has 1 aromatic carbocycles. The van der Waals surface area contributed by atoms with Crippen molar-refractivity contribution < 1.29 is 4.74 Å². The van der Waals surface area contributed by atoms with E-state index in [1.54, 1.807) is 0 Å². The summed E-state index contributed by atoms with van der Waals surface area (Å²) in [6.45, 7) is 0.668. The van der Waals surface area contributed by atoms with Crippen LogP contribution in [0.3, 0.4) is 0 Å². The fourth-order valence-corrected chi connectivity index (χ4v) is 2.42. The molecule has 104 valence electrons. The Balaban J connectivity index is 1.88. The van der Waals surface area contributed by atoms with Crippen LogP contribution in [0, 0.1) is 0 Å². The summed E-state index contributed by atoms with van der Waals surface area (Å²) in [5, 5.41) is 4.10. The van der Waals surface area contributed by atoms with E-state index in [2.05, 4.69) is 25.0 Å². The van der Waals surface area contributed by atoms with E-state index >= 15 is 0 Å². The molecule has 0 saturated heterocycles. The van der Waals surface area contributed by atoms with E-state index in [0.717, 1.165) is 23.3 Å². The van der Waals surface area contributed by atoms with Gasteiger partial charge in [-0.1, -0.05) is 12.1 Å². The zero-order valence-electron chi connectivity index (χ0n) is 10.8. The lowest BCUT2D eigenvalue weighted by atomic mass is 10.1. The summed E-state index contributed by atoms with van der Waals surface area (Å²) < 4.78 is 7.11. The van der Waals surface area contributed by atoms with E-state index in [9.17, 15) is 0 Å². The van der Waals surface area contributed by atoms with Gasteiger partial charge in [0.1, 0.15) is 18.4 Å². The van der Waals surface area contributed by atoms with Crippen molar-refractivity contribution in [2.24, 2.45) is 0 Å². The van der Waals surface area contributed by atoms with Crippen LogP contribution in [0.15, 0.2) is 30.9 Å². The molecule has 0 bridgehead atoms. The smallest absolute Gasteiger partial charge is 0.256 e. The molecule has 8 heteroatoms. The average molecular weight is 301 g/mol. The summed E-state index contributed by atoms with van der Waals surface area (Å²) in [6, 6.07) is 5.89. The highest BCUT2D eigenvalue weighted by Crippen LogP contribution is 2.35. The number of hydrogen-bond donors (Lipinski definition) is 0. The molecule has 0 amide bonds. The topological polar surface area (TPSA) is 78.6 Å². The van der Waals surface area contributed by atoms with Crippen LogP contribution in [0.5, 0.6) is 5.75 Å². The molecule has 21 heavy (non-hydrogen) atoms. The van der Waals surface area contributed by atoms with Gasteiger partial charge in [-0.2, -0.15) is 24.7 Å². The molecule has 0 N–H and O–H groups in total. The van der Waals surface area contributed by atoms with Crippen molar-refractivity contribution in [2.75, 3.05) is 6.61 Å². The van der Waals surface area contributed by atoms with Crippen LogP contribution in [0.4, 0.5) is 0 Å². The SMILES string of the molecule is Clc1nc(-c2cccc3c2OCC3)nc(-n2cncn2)n1. The van der Waals surface area contributed by atoms with Gasteiger partial charge in [-0.25, -0.2) is 4.98 Å². The quantitative estimate of drug-likeness (QED) is 0.717. The predicted molar refractivity (Wildman–Crippen MR) is 74.4 cm³/mol. The second kappa shape index (κ2) is 4.78. The number of rotatable bonds is 2. The highest BCUT2D eigenvalue weighted by atomic mass is 35.5. The molecule has 0 fully saturated rings. The normalized spacial score (nSPS) is 13.0. The molecule has 1 aliphatic heterocycles. The van der Waals surface area contributed by atoms with Crippen LogP contribution in [0.1, 0.15) is 5.56 Å². The number of benzene rings is 1. The van der Waals surface area contributed by atoms with Crippen molar-refractivity contribution >= 4 is 11.6 Å². The summed E-state index contributed by atoms with van der Waals surface area (Å²) in [5.41, 5.74) is 1.95. The van der Waals surface area contributed by atoms with Gasteiger partial charge in [0.2, 0.25) is 5.28 Å². The van der Waals surface area contributed by atoms with E-state index < -0.39 is 0 Å². The van der Waals surface area contributed by atoms with Gasteiger partial charge in [0, 0.05) is 6.42 Å². The first kappa shape index (κ1) is 12.2. The van der Waals surface area contributed by atoms with Gasteiger partial charge in [-0.3, -0.25) is 0 Å². The Morgan fingerprint density at radius 2 is 2.14 bits per heavy atom. The Morgan fingerprint density at radius 1 is 1.19 bits per heavy atom. The molecule has 0 radical (unpaired) electrons. The number of aromatic nitrogens is 6. The van der Waals surface area contributed by atoms with Gasteiger partial charge in [0.25, 0.3) is 5.95 Å². The number of ether oxygens (including phenoxy) is 1. The van der Waals surface area contributed by atoms with E-state index in [0.29, 0.717) is 18.4 Å². The van der Waals surface area contributed by atoms with Crippen molar-refractivity contribution in [3.63, 3.8) is 0 Å². The number of fused-ring (bicyclic) bond motifs is 1. The molecular weight excluding hydrogens is 292 g/mol. The lowest BCUT2D eigenvalue weighted by molar-refractivity contribution is 0.358. The second-order valence-electron chi connectivity index (χ2n) is 4.46. The Hall–Kier alpha value is -2.54. The summed E-state index contributed by atoms with van der Waals surface area (Å²) in [4.78, 5) is 16.5. The fraction of sp³-hybridized carbons (Fsp3) is 0.154. The average Bonchev–Trinajstić information content (AvgIpc) is 3.17. The van der Waals surface area contributed by atoms with Gasteiger partial charge < -0.3 is 4.74 Å². The van der Waals surface area contributed by atoms with Gasteiger partial charge in [0.15, 0.2) is 5.82 Å². The summed E-state index contributed by atoms with van der Waals surface area (Å²) >= 11 is 6.00. The van der Waals surface area contributed by atoms with E-state index in [-0.39, 0.29) is 5.28 Å². The molecule has 0 aliphatic carbocycles. The molecular formula is C13H9ClN6O. The molecule has 0 saturated carbocycles. The minimum absolute atomic E-state index is 0.0982. The van der Waals surface area contributed by atoms with E-state index in [1.807, 2.05) is 18.2 Å². The molecule has 2 aromatic heterocycles. The number of halogens is 1. The maximum absolute atomic E-state index is 6.00. The van der Waals surface area contributed by atoms with E-state index in [1.165, 1.54) is 17.3 Å². The van der Waals surface area contributed by atoms with Crippen LogP contribution in [-0.2, 0) is 6.42 Å². The molecule has 0 unspecified atom stereocenters. The van der Waals surface area contributed by atoms with Crippen molar-refractivity contribution in [3.05, 3.63) is 41.7 Å². The van der Waals surface area contributed by atoms with Gasteiger partial charge in [-0.05, 0) is 23.2 Å². The molecule has 0 spiro atoms. The molecule has 3 heterocycles. The third kappa shape index (κ3) is 2.11. The predicted octanol–water partition coefficient (Wildman–Crippen LogP) is 1.71.